The second-order valence-electron chi connectivity index (χ2n) is 6.59. The molecule has 1 N–H and O–H groups in total. The normalized spacial score (nSPS) is 13.3. The van der Waals surface area contributed by atoms with Crippen molar-refractivity contribution in [2.24, 2.45) is 0 Å². The Balaban J connectivity index is 1.91. The monoisotopic (exact) mass is 383 g/mol. The first-order valence-corrected chi connectivity index (χ1v) is 8.95. The van der Waals surface area contributed by atoms with Gasteiger partial charge in [0.2, 0.25) is 0 Å². The molecule has 8 nitrogen and oxygen atoms in total. The lowest BCUT2D eigenvalue weighted by Gasteiger charge is -2.19. The number of likely N-dealkylation sites (tertiary alicyclic amines) is 1. The number of hydrogen-bond acceptors (Lipinski definition) is 5. The molecule has 1 fully saturated rings. The van der Waals surface area contributed by atoms with Gasteiger partial charge in [-0.1, -0.05) is 12.1 Å². The van der Waals surface area contributed by atoms with E-state index in [1.54, 1.807) is 17.0 Å². The first-order chi connectivity index (χ1) is 13.4. The summed E-state index contributed by atoms with van der Waals surface area (Å²) in [7, 11) is 1.32. The SMILES string of the molecule is COc1ccc(C(=O)Nc2cccc(C)c2C(=O)N2CCCC2)cc1[N+](=O)[O-]. The van der Waals surface area contributed by atoms with Crippen molar-refractivity contribution in [1.82, 2.24) is 4.90 Å². The first-order valence-electron chi connectivity index (χ1n) is 8.95. The molecule has 1 aliphatic heterocycles. The number of anilines is 1. The Labute approximate surface area is 162 Å². The van der Waals surface area contributed by atoms with Gasteiger partial charge in [0, 0.05) is 24.7 Å². The number of carbonyl (C=O) groups excluding carboxylic acids is 2. The highest BCUT2D eigenvalue weighted by Crippen LogP contribution is 2.29. The van der Waals surface area contributed by atoms with Crippen LogP contribution in [-0.4, -0.2) is 41.8 Å². The molecule has 0 radical (unpaired) electrons. The summed E-state index contributed by atoms with van der Waals surface area (Å²) in [6.45, 7) is 3.22. The zero-order valence-electron chi connectivity index (χ0n) is 15.7. The fraction of sp³-hybridized carbons (Fsp3) is 0.300. The molecule has 146 valence electrons. The van der Waals surface area contributed by atoms with E-state index in [1.807, 2.05) is 13.0 Å². The number of aryl methyl sites for hydroxylation is 1. The van der Waals surface area contributed by atoms with Crippen molar-refractivity contribution in [2.45, 2.75) is 19.8 Å². The van der Waals surface area contributed by atoms with Crippen LogP contribution in [0.5, 0.6) is 5.75 Å². The molecule has 8 heteroatoms. The number of nitro groups is 1. The maximum absolute atomic E-state index is 12.9. The number of nitro benzene ring substituents is 1. The zero-order valence-corrected chi connectivity index (χ0v) is 15.7. The molecule has 1 saturated heterocycles. The Morgan fingerprint density at radius 3 is 2.54 bits per heavy atom. The summed E-state index contributed by atoms with van der Waals surface area (Å²) in [6.07, 6.45) is 1.93. The van der Waals surface area contributed by atoms with Crippen molar-refractivity contribution >= 4 is 23.2 Å². The van der Waals surface area contributed by atoms with Crippen LogP contribution < -0.4 is 10.1 Å². The van der Waals surface area contributed by atoms with Gasteiger partial charge >= 0.3 is 5.69 Å². The minimum absolute atomic E-state index is 0.0713. The van der Waals surface area contributed by atoms with Crippen molar-refractivity contribution in [3.8, 4) is 5.75 Å². The molecule has 1 heterocycles. The van der Waals surface area contributed by atoms with Crippen LogP contribution in [0.1, 0.15) is 39.1 Å². The van der Waals surface area contributed by atoms with Gasteiger partial charge < -0.3 is 15.0 Å². The lowest BCUT2D eigenvalue weighted by molar-refractivity contribution is -0.385. The molecular weight excluding hydrogens is 362 g/mol. The van der Waals surface area contributed by atoms with Crippen LogP contribution in [0, 0.1) is 17.0 Å². The van der Waals surface area contributed by atoms with Crippen molar-refractivity contribution in [3.05, 3.63) is 63.2 Å². The smallest absolute Gasteiger partial charge is 0.311 e. The number of methoxy groups -OCH3 is 1. The molecule has 28 heavy (non-hydrogen) atoms. The van der Waals surface area contributed by atoms with Gasteiger partial charge in [0.15, 0.2) is 5.75 Å². The van der Waals surface area contributed by atoms with Crippen LogP contribution in [0.3, 0.4) is 0 Å². The number of ether oxygens (including phenoxy) is 1. The van der Waals surface area contributed by atoms with E-state index < -0.39 is 10.8 Å². The fourth-order valence-corrected chi connectivity index (χ4v) is 3.30. The largest absolute Gasteiger partial charge is 0.490 e. The molecular formula is C20H21N3O5. The van der Waals surface area contributed by atoms with E-state index in [1.165, 1.54) is 19.2 Å². The molecule has 1 aliphatic rings. The second kappa shape index (κ2) is 8.08. The van der Waals surface area contributed by atoms with E-state index in [4.69, 9.17) is 4.74 Å². The zero-order chi connectivity index (χ0) is 20.3. The van der Waals surface area contributed by atoms with Gasteiger partial charge in [0.1, 0.15) is 0 Å². The van der Waals surface area contributed by atoms with Crippen molar-refractivity contribution < 1.29 is 19.2 Å². The van der Waals surface area contributed by atoms with Crippen molar-refractivity contribution in [2.75, 3.05) is 25.5 Å². The molecule has 2 aromatic carbocycles. The van der Waals surface area contributed by atoms with E-state index in [-0.39, 0.29) is 22.9 Å². The van der Waals surface area contributed by atoms with E-state index in [0.29, 0.717) is 24.3 Å². The predicted molar refractivity (Wildman–Crippen MR) is 104 cm³/mol. The van der Waals surface area contributed by atoms with Gasteiger partial charge in [-0.25, -0.2) is 0 Å². The first kappa shape index (κ1) is 19.3. The lowest BCUT2D eigenvalue weighted by atomic mass is 10.0. The van der Waals surface area contributed by atoms with Crippen LogP contribution >= 0.6 is 0 Å². The number of nitrogens with one attached hydrogen (secondary N) is 1. The molecule has 0 saturated carbocycles. The van der Waals surface area contributed by atoms with E-state index in [9.17, 15) is 19.7 Å². The van der Waals surface area contributed by atoms with E-state index in [2.05, 4.69) is 5.32 Å². The van der Waals surface area contributed by atoms with Gasteiger partial charge in [-0.05, 0) is 43.5 Å². The van der Waals surface area contributed by atoms with Crippen LogP contribution in [0.15, 0.2) is 36.4 Å². The quantitative estimate of drug-likeness (QED) is 0.630. The van der Waals surface area contributed by atoms with Gasteiger partial charge in [-0.2, -0.15) is 0 Å². The Kier molecular flexibility index (Phi) is 5.58. The number of hydrogen-bond donors (Lipinski definition) is 1. The molecule has 2 aromatic rings. The fourth-order valence-electron chi connectivity index (χ4n) is 3.30. The van der Waals surface area contributed by atoms with Crippen LogP contribution in [0.4, 0.5) is 11.4 Å². The minimum Gasteiger partial charge on any atom is -0.490 e. The highest BCUT2D eigenvalue weighted by atomic mass is 16.6. The third-order valence-corrected chi connectivity index (χ3v) is 4.77. The standard InChI is InChI=1S/C20H21N3O5/c1-13-6-5-7-15(18(13)20(25)22-10-3-4-11-22)21-19(24)14-8-9-17(28-2)16(12-14)23(26)27/h5-9,12H,3-4,10-11H2,1-2H3,(H,21,24). The summed E-state index contributed by atoms with van der Waals surface area (Å²) in [6, 6.07) is 9.20. The van der Waals surface area contributed by atoms with Crippen LogP contribution in [-0.2, 0) is 0 Å². The molecule has 0 spiro atoms. The summed E-state index contributed by atoms with van der Waals surface area (Å²) in [5.74, 6) is -0.583. The average Bonchev–Trinajstić information content (AvgIpc) is 3.22. The number of rotatable bonds is 5. The van der Waals surface area contributed by atoms with Gasteiger partial charge in [0.05, 0.1) is 23.3 Å². The summed E-state index contributed by atoms with van der Waals surface area (Å²) in [5.41, 5.74) is 1.40. The van der Waals surface area contributed by atoms with Crippen molar-refractivity contribution in [1.29, 1.82) is 0 Å². The summed E-state index contributed by atoms with van der Waals surface area (Å²) >= 11 is 0. The average molecular weight is 383 g/mol. The van der Waals surface area contributed by atoms with Gasteiger partial charge in [-0.15, -0.1) is 0 Å². The Morgan fingerprint density at radius 1 is 1.18 bits per heavy atom. The Morgan fingerprint density at radius 2 is 1.89 bits per heavy atom. The molecule has 0 aliphatic carbocycles. The molecule has 0 aromatic heterocycles. The predicted octanol–water partition coefficient (Wildman–Crippen LogP) is 3.40. The number of benzene rings is 2. The number of nitrogens with zero attached hydrogens (tertiary/aromatic N) is 2. The van der Waals surface area contributed by atoms with Gasteiger partial charge in [-0.3, -0.25) is 19.7 Å². The van der Waals surface area contributed by atoms with Crippen molar-refractivity contribution in [3.63, 3.8) is 0 Å². The summed E-state index contributed by atoms with van der Waals surface area (Å²) in [5, 5.41) is 13.9. The maximum Gasteiger partial charge on any atom is 0.311 e. The molecule has 3 rings (SSSR count). The van der Waals surface area contributed by atoms with Crippen LogP contribution in [0.25, 0.3) is 0 Å². The topological polar surface area (TPSA) is 102 Å². The second-order valence-corrected chi connectivity index (χ2v) is 6.59. The van der Waals surface area contributed by atoms with Gasteiger partial charge in [0.25, 0.3) is 11.8 Å². The molecule has 2 amide bonds. The third-order valence-electron chi connectivity index (χ3n) is 4.77. The molecule has 0 bridgehead atoms. The number of carbonyl (C=O) groups is 2. The van der Waals surface area contributed by atoms with E-state index in [0.717, 1.165) is 24.5 Å². The molecule has 0 atom stereocenters. The number of amides is 2. The molecule has 0 unspecified atom stereocenters. The highest BCUT2D eigenvalue weighted by Gasteiger charge is 2.25. The van der Waals surface area contributed by atoms with Crippen LogP contribution in [0.2, 0.25) is 0 Å². The van der Waals surface area contributed by atoms with E-state index >= 15 is 0 Å². The lowest BCUT2D eigenvalue weighted by Crippen LogP contribution is -2.29. The Hall–Kier alpha value is -3.42. The third kappa shape index (κ3) is 3.80. The minimum atomic E-state index is -0.607. The Bertz CT molecular complexity index is 935. The highest BCUT2D eigenvalue weighted by molar-refractivity contribution is 6.10. The summed E-state index contributed by atoms with van der Waals surface area (Å²) in [4.78, 5) is 38.0. The maximum atomic E-state index is 12.9. The summed E-state index contributed by atoms with van der Waals surface area (Å²) < 4.78 is 4.96.